The summed E-state index contributed by atoms with van der Waals surface area (Å²) in [5.41, 5.74) is 4.08. The maximum Gasteiger partial charge on any atom is 0.227 e. The predicted octanol–water partition coefficient (Wildman–Crippen LogP) is 2.85. The Bertz CT molecular complexity index is 1200. The van der Waals surface area contributed by atoms with Crippen molar-refractivity contribution >= 4 is 28.5 Å². The number of aromatic amines is 1. The lowest BCUT2D eigenvalue weighted by Crippen LogP contribution is -2.39. The summed E-state index contributed by atoms with van der Waals surface area (Å²) in [4.78, 5) is 41.9. The number of benzene rings is 1. The van der Waals surface area contributed by atoms with E-state index in [0.717, 1.165) is 65.2 Å². The van der Waals surface area contributed by atoms with Gasteiger partial charge in [0.15, 0.2) is 0 Å². The summed E-state index contributed by atoms with van der Waals surface area (Å²) in [5, 5.41) is 4.32. The number of nitrogens with one attached hydrogen (secondary N) is 2. The third kappa shape index (κ3) is 4.17. The van der Waals surface area contributed by atoms with Crippen LogP contribution in [0.4, 0.5) is 5.82 Å². The van der Waals surface area contributed by atoms with Crippen LogP contribution < -0.4 is 5.32 Å². The van der Waals surface area contributed by atoms with Crippen LogP contribution in [0.25, 0.3) is 10.9 Å². The zero-order chi connectivity index (χ0) is 22.9. The van der Waals surface area contributed by atoms with Crippen LogP contribution >= 0.6 is 0 Å². The highest BCUT2D eigenvalue weighted by Crippen LogP contribution is 2.30. The van der Waals surface area contributed by atoms with E-state index in [2.05, 4.69) is 10.3 Å². The van der Waals surface area contributed by atoms with Gasteiger partial charge in [-0.15, -0.1) is 0 Å². The van der Waals surface area contributed by atoms with Crippen molar-refractivity contribution in [3.05, 3.63) is 53.1 Å². The fourth-order valence-electron chi connectivity index (χ4n) is 5.08. The Hall–Kier alpha value is -3.42. The topological polar surface area (TPSA) is 94.2 Å². The Labute approximate surface area is 193 Å². The number of rotatable bonds is 4. The molecule has 2 aromatic heterocycles. The van der Waals surface area contributed by atoms with E-state index in [1.807, 2.05) is 47.3 Å². The van der Waals surface area contributed by atoms with Crippen LogP contribution in [0, 0.1) is 0 Å². The lowest BCUT2D eigenvalue weighted by Gasteiger charge is -2.33. The number of amides is 2. The lowest BCUT2D eigenvalue weighted by molar-refractivity contribution is -0.131. The minimum Gasteiger partial charge on any atom is -0.373 e. The van der Waals surface area contributed by atoms with E-state index in [1.165, 1.54) is 0 Å². The molecule has 0 radical (unpaired) electrons. The maximum atomic E-state index is 13.2. The first-order chi connectivity index (χ1) is 16.0. The number of anilines is 1. The molecular formula is C25H30N6O2. The number of carbonyl (C=O) groups excluding carboxylic acids is 2. The molecule has 0 spiro atoms. The van der Waals surface area contributed by atoms with Crippen molar-refractivity contribution in [1.29, 1.82) is 0 Å². The zero-order valence-electron chi connectivity index (χ0n) is 19.2. The van der Waals surface area contributed by atoms with Gasteiger partial charge in [-0.25, -0.2) is 9.97 Å². The molecule has 1 fully saturated rings. The monoisotopic (exact) mass is 446 g/mol. The van der Waals surface area contributed by atoms with E-state index in [9.17, 15) is 9.59 Å². The second kappa shape index (κ2) is 8.84. The maximum absolute atomic E-state index is 13.2. The van der Waals surface area contributed by atoms with Crippen molar-refractivity contribution in [2.75, 3.05) is 32.0 Å². The molecule has 4 heterocycles. The van der Waals surface area contributed by atoms with Crippen molar-refractivity contribution in [2.24, 2.45) is 0 Å². The van der Waals surface area contributed by atoms with Gasteiger partial charge in [-0.2, -0.15) is 0 Å². The number of piperidine rings is 1. The molecule has 5 rings (SSSR count). The average Bonchev–Trinajstić information content (AvgIpc) is 3.25. The summed E-state index contributed by atoms with van der Waals surface area (Å²) in [6.45, 7) is 4.22. The molecule has 0 saturated carbocycles. The summed E-state index contributed by atoms with van der Waals surface area (Å²) < 4.78 is 0. The Morgan fingerprint density at radius 2 is 2.03 bits per heavy atom. The molecule has 1 atom stereocenters. The second-order valence-corrected chi connectivity index (χ2v) is 9.01. The van der Waals surface area contributed by atoms with Gasteiger partial charge >= 0.3 is 0 Å². The largest absolute Gasteiger partial charge is 0.373 e. The fourth-order valence-corrected chi connectivity index (χ4v) is 5.08. The van der Waals surface area contributed by atoms with Gasteiger partial charge in [0, 0.05) is 62.2 Å². The Morgan fingerprint density at radius 1 is 1.18 bits per heavy atom. The first-order valence-electron chi connectivity index (χ1n) is 11.7. The summed E-state index contributed by atoms with van der Waals surface area (Å²) >= 11 is 0. The van der Waals surface area contributed by atoms with E-state index in [1.54, 1.807) is 6.92 Å². The van der Waals surface area contributed by atoms with Crippen LogP contribution in [0.2, 0.25) is 0 Å². The van der Waals surface area contributed by atoms with Gasteiger partial charge in [-0.1, -0.05) is 18.2 Å². The van der Waals surface area contributed by atoms with Crippen LogP contribution in [0.15, 0.2) is 30.5 Å². The molecule has 2 aliphatic heterocycles. The summed E-state index contributed by atoms with van der Waals surface area (Å²) in [7, 11) is 1.88. The number of para-hydroxylation sites is 1. The van der Waals surface area contributed by atoms with Crippen molar-refractivity contribution < 1.29 is 9.59 Å². The van der Waals surface area contributed by atoms with Gasteiger partial charge in [0.05, 0.1) is 18.7 Å². The van der Waals surface area contributed by atoms with E-state index >= 15 is 0 Å². The minimum atomic E-state index is 0.0977. The molecule has 172 valence electrons. The number of hydrogen-bond acceptors (Lipinski definition) is 5. The summed E-state index contributed by atoms with van der Waals surface area (Å²) in [5.74, 6) is 1.95. The smallest absolute Gasteiger partial charge is 0.227 e. The summed E-state index contributed by atoms with van der Waals surface area (Å²) in [6.07, 6.45) is 4.95. The second-order valence-electron chi connectivity index (χ2n) is 9.01. The van der Waals surface area contributed by atoms with E-state index in [-0.39, 0.29) is 17.7 Å². The van der Waals surface area contributed by atoms with Crippen molar-refractivity contribution in [1.82, 2.24) is 24.8 Å². The number of fused-ring (bicyclic) bond motifs is 2. The Kier molecular flexibility index (Phi) is 5.74. The highest BCUT2D eigenvalue weighted by molar-refractivity contribution is 5.89. The Morgan fingerprint density at radius 3 is 2.85 bits per heavy atom. The third-order valence-corrected chi connectivity index (χ3v) is 6.92. The highest BCUT2D eigenvalue weighted by atomic mass is 16.2. The van der Waals surface area contributed by atoms with Crippen LogP contribution in [0.5, 0.6) is 0 Å². The van der Waals surface area contributed by atoms with Crippen molar-refractivity contribution in [3.8, 4) is 0 Å². The highest BCUT2D eigenvalue weighted by Gasteiger charge is 2.29. The average molecular weight is 447 g/mol. The SMILES string of the molecule is CNc1nc(C2CCCN(C(C)=O)C2)nc2c1CCN(C(=O)Cc1c[nH]c3ccccc13)C2. The van der Waals surface area contributed by atoms with E-state index < -0.39 is 0 Å². The van der Waals surface area contributed by atoms with E-state index in [4.69, 9.17) is 9.97 Å². The van der Waals surface area contributed by atoms with Crippen LogP contribution in [-0.4, -0.2) is 63.2 Å². The standard InChI is InChI=1S/C25H30N6O2/c1-16(32)30-10-5-6-17(14-30)24-28-22-15-31(11-9-20(22)25(26-2)29-24)23(33)12-18-13-27-21-8-4-3-7-19(18)21/h3-4,7-8,13,17,27H,5-6,9-12,14-15H2,1-2H3,(H,26,28,29). The van der Waals surface area contributed by atoms with Crippen LogP contribution in [0.3, 0.4) is 0 Å². The van der Waals surface area contributed by atoms with Gasteiger partial charge in [-0.05, 0) is 30.9 Å². The molecular weight excluding hydrogens is 416 g/mol. The molecule has 8 heteroatoms. The Balaban J connectivity index is 1.36. The van der Waals surface area contributed by atoms with Gasteiger partial charge in [0.25, 0.3) is 0 Å². The van der Waals surface area contributed by atoms with E-state index in [0.29, 0.717) is 26.1 Å². The number of nitrogens with zero attached hydrogens (tertiary/aromatic N) is 4. The molecule has 1 unspecified atom stereocenters. The lowest BCUT2D eigenvalue weighted by atomic mass is 9.96. The number of H-pyrrole nitrogens is 1. The van der Waals surface area contributed by atoms with Crippen molar-refractivity contribution in [3.63, 3.8) is 0 Å². The number of likely N-dealkylation sites (tertiary alicyclic amines) is 1. The molecule has 8 nitrogen and oxygen atoms in total. The molecule has 1 aromatic carbocycles. The molecule has 1 saturated heterocycles. The fraction of sp³-hybridized carbons (Fsp3) is 0.440. The first kappa shape index (κ1) is 21.4. The third-order valence-electron chi connectivity index (χ3n) is 6.92. The molecule has 3 aromatic rings. The van der Waals surface area contributed by atoms with Crippen LogP contribution in [-0.2, 0) is 29.0 Å². The molecule has 2 amide bonds. The van der Waals surface area contributed by atoms with Gasteiger partial charge in [-0.3, -0.25) is 9.59 Å². The zero-order valence-corrected chi connectivity index (χ0v) is 19.2. The first-order valence-corrected chi connectivity index (χ1v) is 11.7. The number of hydrogen-bond donors (Lipinski definition) is 2. The molecule has 2 aliphatic rings. The normalized spacial score (nSPS) is 18.3. The molecule has 33 heavy (non-hydrogen) atoms. The predicted molar refractivity (Wildman–Crippen MR) is 127 cm³/mol. The number of aromatic nitrogens is 3. The quantitative estimate of drug-likeness (QED) is 0.643. The van der Waals surface area contributed by atoms with Crippen LogP contribution in [0.1, 0.15) is 48.3 Å². The summed E-state index contributed by atoms with van der Waals surface area (Å²) in [6, 6.07) is 8.06. The molecule has 0 bridgehead atoms. The van der Waals surface area contributed by atoms with Gasteiger partial charge in [0.2, 0.25) is 11.8 Å². The molecule has 0 aliphatic carbocycles. The van der Waals surface area contributed by atoms with Crippen molar-refractivity contribution in [2.45, 2.75) is 45.1 Å². The number of carbonyl (C=O) groups is 2. The van der Waals surface area contributed by atoms with Gasteiger partial charge < -0.3 is 20.1 Å². The molecule has 2 N–H and O–H groups in total. The van der Waals surface area contributed by atoms with Gasteiger partial charge in [0.1, 0.15) is 11.6 Å². The minimum absolute atomic E-state index is 0.0977.